The van der Waals surface area contributed by atoms with Crippen molar-refractivity contribution in [2.75, 3.05) is 5.32 Å². The second-order valence-corrected chi connectivity index (χ2v) is 6.88. The summed E-state index contributed by atoms with van der Waals surface area (Å²) in [6.45, 7) is 1.79. The summed E-state index contributed by atoms with van der Waals surface area (Å²) in [5, 5.41) is 17.4. The second kappa shape index (κ2) is 7.83. The van der Waals surface area contributed by atoms with Crippen LogP contribution in [0, 0.1) is 10.1 Å². The molecule has 0 saturated carbocycles. The molecule has 2 aromatic carbocycles. The fourth-order valence-corrected chi connectivity index (χ4v) is 3.20. The van der Waals surface area contributed by atoms with Crippen LogP contribution < -0.4 is 5.32 Å². The van der Waals surface area contributed by atoms with Crippen LogP contribution >= 0.6 is 11.8 Å². The van der Waals surface area contributed by atoms with Gasteiger partial charge in [0.25, 0.3) is 5.69 Å². The van der Waals surface area contributed by atoms with Crippen molar-refractivity contribution in [1.29, 1.82) is 0 Å². The first kappa shape index (κ1) is 17.7. The van der Waals surface area contributed by atoms with Crippen molar-refractivity contribution >= 4 is 29.0 Å². The molecule has 1 heterocycles. The van der Waals surface area contributed by atoms with Crippen molar-refractivity contribution in [2.24, 2.45) is 0 Å². The number of nitrogens with one attached hydrogen (secondary N) is 1. The molecule has 0 aliphatic rings. The molecule has 0 fully saturated rings. The van der Waals surface area contributed by atoms with Crippen molar-refractivity contribution in [2.45, 2.75) is 17.1 Å². The molecular weight excluding hydrogens is 352 g/mol. The molecule has 1 amide bonds. The number of hydrogen-bond acceptors (Lipinski definition) is 5. The van der Waals surface area contributed by atoms with Crippen LogP contribution in [0.2, 0.25) is 0 Å². The third-order valence-corrected chi connectivity index (χ3v) is 4.75. The van der Waals surface area contributed by atoms with E-state index in [0.717, 1.165) is 10.6 Å². The molecule has 8 heteroatoms. The van der Waals surface area contributed by atoms with E-state index >= 15 is 0 Å². The molecule has 0 aliphatic carbocycles. The van der Waals surface area contributed by atoms with Gasteiger partial charge in [-0.25, -0.2) is 4.68 Å². The number of nitro groups is 1. The van der Waals surface area contributed by atoms with E-state index in [4.69, 9.17) is 0 Å². The Morgan fingerprint density at radius 2 is 1.92 bits per heavy atom. The molecule has 0 bridgehead atoms. The van der Waals surface area contributed by atoms with Gasteiger partial charge in [0.2, 0.25) is 5.91 Å². The zero-order valence-corrected chi connectivity index (χ0v) is 14.7. The van der Waals surface area contributed by atoms with Gasteiger partial charge in [-0.15, -0.1) is 11.8 Å². The third kappa shape index (κ3) is 4.09. The predicted octanol–water partition coefficient (Wildman–Crippen LogP) is 3.90. The molecule has 132 valence electrons. The van der Waals surface area contributed by atoms with E-state index < -0.39 is 4.92 Å². The Labute approximate surface area is 154 Å². The minimum atomic E-state index is -0.448. The fourth-order valence-electron chi connectivity index (χ4n) is 2.33. The summed E-state index contributed by atoms with van der Waals surface area (Å²) in [6, 6.07) is 15.4. The fraction of sp³-hybridized carbons (Fsp3) is 0.111. The van der Waals surface area contributed by atoms with E-state index in [9.17, 15) is 14.9 Å². The van der Waals surface area contributed by atoms with E-state index in [1.807, 2.05) is 30.3 Å². The Bertz CT molecular complexity index is 910. The Morgan fingerprint density at radius 1 is 1.19 bits per heavy atom. The SMILES string of the molecule is CC(Sc1ccc([N+](=O)[O-])cc1)C(=O)Nc1ccccc1-n1cccn1. The number of carbonyl (C=O) groups is 1. The zero-order valence-electron chi connectivity index (χ0n) is 13.9. The zero-order chi connectivity index (χ0) is 18.5. The van der Waals surface area contributed by atoms with Gasteiger partial charge >= 0.3 is 0 Å². The average Bonchev–Trinajstić information content (AvgIpc) is 3.17. The van der Waals surface area contributed by atoms with E-state index in [1.54, 1.807) is 36.1 Å². The summed E-state index contributed by atoms with van der Waals surface area (Å²) in [5.41, 5.74) is 1.47. The monoisotopic (exact) mass is 368 g/mol. The number of benzene rings is 2. The van der Waals surface area contributed by atoms with E-state index in [0.29, 0.717) is 5.69 Å². The highest BCUT2D eigenvalue weighted by atomic mass is 32.2. The van der Waals surface area contributed by atoms with Crippen molar-refractivity contribution in [3.05, 3.63) is 77.1 Å². The lowest BCUT2D eigenvalue weighted by atomic mass is 10.2. The summed E-state index contributed by atoms with van der Waals surface area (Å²) in [4.78, 5) is 23.6. The molecule has 1 N–H and O–H groups in total. The molecule has 0 aliphatic heterocycles. The number of rotatable bonds is 6. The number of nitrogens with zero attached hydrogens (tertiary/aromatic N) is 3. The maximum atomic E-state index is 12.5. The normalized spacial score (nSPS) is 11.7. The number of aromatic nitrogens is 2. The maximum Gasteiger partial charge on any atom is 0.269 e. The van der Waals surface area contributed by atoms with Gasteiger partial charge in [0.05, 0.1) is 21.5 Å². The van der Waals surface area contributed by atoms with Gasteiger partial charge < -0.3 is 5.32 Å². The van der Waals surface area contributed by atoms with E-state index in [-0.39, 0.29) is 16.8 Å². The number of carbonyl (C=O) groups excluding carboxylic acids is 1. The molecule has 7 nitrogen and oxygen atoms in total. The number of non-ortho nitro benzene ring substituents is 1. The number of amides is 1. The topological polar surface area (TPSA) is 90.1 Å². The minimum absolute atomic E-state index is 0.0274. The first-order chi connectivity index (χ1) is 12.5. The summed E-state index contributed by atoms with van der Waals surface area (Å²) in [5.74, 6) is -0.159. The Kier molecular flexibility index (Phi) is 5.33. The van der Waals surface area contributed by atoms with Gasteiger partial charge in [-0.1, -0.05) is 12.1 Å². The molecule has 3 aromatic rings. The van der Waals surface area contributed by atoms with Crippen molar-refractivity contribution in [3.63, 3.8) is 0 Å². The number of hydrogen-bond donors (Lipinski definition) is 1. The Balaban J connectivity index is 1.69. The van der Waals surface area contributed by atoms with Gasteiger partial charge in [0.1, 0.15) is 0 Å². The van der Waals surface area contributed by atoms with Crippen molar-refractivity contribution < 1.29 is 9.72 Å². The summed E-state index contributed by atoms with van der Waals surface area (Å²) >= 11 is 1.34. The van der Waals surface area contributed by atoms with Gasteiger partial charge in [-0.2, -0.15) is 5.10 Å². The van der Waals surface area contributed by atoms with Gasteiger partial charge in [-0.3, -0.25) is 14.9 Å². The van der Waals surface area contributed by atoms with Crippen LogP contribution in [0.1, 0.15) is 6.92 Å². The molecule has 3 rings (SSSR count). The van der Waals surface area contributed by atoms with Crippen molar-refractivity contribution in [1.82, 2.24) is 9.78 Å². The van der Waals surface area contributed by atoms with Crippen molar-refractivity contribution in [3.8, 4) is 5.69 Å². The first-order valence-corrected chi connectivity index (χ1v) is 8.73. The second-order valence-electron chi connectivity index (χ2n) is 5.47. The van der Waals surface area contributed by atoms with Crippen LogP contribution in [-0.4, -0.2) is 25.9 Å². The van der Waals surface area contributed by atoms with Gasteiger partial charge in [-0.05, 0) is 37.3 Å². The standard InChI is InChI=1S/C18H16N4O3S/c1-13(26-15-9-7-14(8-10-15)22(24)25)18(23)20-16-5-2-3-6-17(16)21-12-4-11-19-21/h2-13H,1H3,(H,20,23). The Morgan fingerprint density at radius 3 is 2.58 bits per heavy atom. The highest BCUT2D eigenvalue weighted by molar-refractivity contribution is 8.00. The molecule has 26 heavy (non-hydrogen) atoms. The highest BCUT2D eigenvalue weighted by Gasteiger charge is 2.17. The summed E-state index contributed by atoms with van der Waals surface area (Å²) in [6.07, 6.45) is 3.48. The predicted molar refractivity (Wildman–Crippen MR) is 101 cm³/mol. The van der Waals surface area contributed by atoms with Crippen LogP contribution in [-0.2, 0) is 4.79 Å². The van der Waals surface area contributed by atoms with Gasteiger partial charge in [0.15, 0.2) is 0 Å². The smallest absolute Gasteiger partial charge is 0.269 e. The molecule has 1 unspecified atom stereocenters. The average molecular weight is 368 g/mol. The Hall–Kier alpha value is -3.13. The lowest BCUT2D eigenvalue weighted by Crippen LogP contribution is -2.23. The molecule has 1 aromatic heterocycles. The van der Waals surface area contributed by atoms with Crippen LogP contribution in [0.5, 0.6) is 0 Å². The first-order valence-electron chi connectivity index (χ1n) is 7.85. The minimum Gasteiger partial charge on any atom is -0.323 e. The summed E-state index contributed by atoms with van der Waals surface area (Å²) < 4.78 is 1.68. The third-order valence-electron chi connectivity index (χ3n) is 3.64. The maximum absolute atomic E-state index is 12.5. The van der Waals surface area contributed by atoms with E-state index in [2.05, 4.69) is 10.4 Å². The number of nitro benzene ring substituents is 1. The van der Waals surface area contributed by atoms with Crippen LogP contribution in [0.25, 0.3) is 5.69 Å². The number of thioether (sulfide) groups is 1. The lowest BCUT2D eigenvalue weighted by Gasteiger charge is -2.14. The lowest BCUT2D eigenvalue weighted by molar-refractivity contribution is -0.384. The molecule has 0 radical (unpaired) electrons. The van der Waals surface area contributed by atoms with E-state index in [1.165, 1.54) is 23.9 Å². The van der Waals surface area contributed by atoms with Crippen LogP contribution in [0.15, 0.2) is 71.9 Å². The van der Waals surface area contributed by atoms with Crippen LogP contribution in [0.3, 0.4) is 0 Å². The quantitative estimate of drug-likeness (QED) is 0.405. The molecule has 0 spiro atoms. The molecule has 1 atom stereocenters. The van der Waals surface area contributed by atoms with Crippen LogP contribution in [0.4, 0.5) is 11.4 Å². The summed E-state index contributed by atoms with van der Waals surface area (Å²) in [7, 11) is 0. The largest absolute Gasteiger partial charge is 0.323 e. The highest BCUT2D eigenvalue weighted by Crippen LogP contribution is 2.27. The molecular formula is C18H16N4O3S. The number of anilines is 1. The number of para-hydroxylation sites is 2. The van der Waals surface area contributed by atoms with Gasteiger partial charge in [0, 0.05) is 29.4 Å². The molecule has 0 saturated heterocycles.